The number of hydrogen-bond acceptors (Lipinski definition) is 5. The molecule has 1 unspecified atom stereocenters. The van der Waals surface area contributed by atoms with Gasteiger partial charge in [-0.05, 0) is 32.9 Å². The Morgan fingerprint density at radius 1 is 1.33 bits per heavy atom. The molecular formula is C17H23N3O2S2. The number of hydrogen-bond donors (Lipinski definition) is 1. The SMILES string of the molecule is COCCNc1ccc(C(=NS(=O)C(C)(C)C)c2cscn2)cc1. The summed E-state index contributed by atoms with van der Waals surface area (Å²) in [5.74, 6) is 0. The summed E-state index contributed by atoms with van der Waals surface area (Å²) in [6.07, 6.45) is 0. The van der Waals surface area contributed by atoms with Gasteiger partial charge in [-0.25, -0.2) is 9.19 Å². The summed E-state index contributed by atoms with van der Waals surface area (Å²) in [7, 11) is 0.334. The summed E-state index contributed by atoms with van der Waals surface area (Å²) in [6.45, 7) is 7.13. The van der Waals surface area contributed by atoms with Crippen LogP contribution in [0.15, 0.2) is 39.6 Å². The van der Waals surface area contributed by atoms with Gasteiger partial charge in [0, 0.05) is 30.3 Å². The Bertz CT molecular complexity index is 690. The maximum atomic E-state index is 12.5. The third-order valence-corrected chi connectivity index (χ3v) is 5.15. The lowest BCUT2D eigenvalue weighted by molar-refractivity contribution is 0.211. The second-order valence-electron chi connectivity index (χ2n) is 6.17. The first-order valence-electron chi connectivity index (χ1n) is 7.64. The highest BCUT2D eigenvalue weighted by molar-refractivity contribution is 7.85. The fraction of sp³-hybridized carbons (Fsp3) is 0.412. The van der Waals surface area contributed by atoms with E-state index in [1.54, 1.807) is 12.6 Å². The average Bonchev–Trinajstić information content (AvgIpc) is 3.06. The standard InChI is InChI=1S/C17H23N3O2S2/c1-17(2,3)24(21)20-16(15-11-23-12-19-15)13-5-7-14(8-6-13)18-9-10-22-4/h5-8,11-12,18H,9-10H2,1-4H3. The topological polar surface area (TPSA) is 63.6 Å². The molecule has 0 aliphatic carbocycles. The van der Waals surface area contributed by atoms with Crippen LogP contribution in [0.5, 0.6) is 0 Å². The average molecular weight is 366 g/mol. The van der Waals surface area contributed by atoms with Gasteiger partial charge in [0.05, 0.1) is 16.9 Å². The fourth-order valence-corrected chi connectivity index (χ4v) is 3.02. The number of methoxy groups -OCH3 is 1. The molecule has 0 amide bonds. The second-order valence-corrected chi connectivity index (χ2v) is 8.80. The van der Waals surface area contributed by atoms with Crippen LogP contribution in [-0.4, -0.2) is 39.9 Å². The van der Waals surface area contributed by atoms with Gasteiger partial charge in [-0.3, -0.25) is 0 Å². The van der Waals surface area contributed by atoms with Crippen LogP contribution in [-0.2, 0) is 15.7 Å². The molecule has 0 radical (unpaired) electrons. The predicted molar refractivity (Wildman–Crippen MR) is 102 cm³/mol. The maximum Gasteiger partial charge on any atom is 0.145 e. The molecule has 0 aliphatic heterocycles. The number of rotatable bonds is 7. The van der Waals surface area contributed by atoms with Crippen molar-refractivity contribution in [2.24, 2.45) is 4.40 Å². The number of aromatic nitrogens is 1. The van der Waals surface area contributed by atoms with Crippen molar-refractivity contribution in [1.29, 1.82) is 0 Å². The number of thiazole rings is 1. The fourth-order valence-electron chi connectivity index (χ4n) is 1.84. The molecule has 1 N–H and O–H groups in total. The van der Waals surface area contributed by atoms with Crippen LogP contribution < -0.4 is 5.32 Å². The second kappa shape index (κ2) is 8.50. The molecule has 0 spiro atoms. The Hall–Kier alpha value is -1.57. The Balaban J connectivity index is 2.28. The van der Waals surface area contributed by atoms with Crippen LogP contribution in [0.1, 0.15) is 32.0 Å². The van der Waals surface area contributed by atoms with Gasteiger partial charge in [0.2, 0.25) is 0 Å². The van der Waals surface area contributed by atoms with Crippen molar-refractivity contribution in [2.45, 2.75) is 25.5 Å². The third-order valence-electron chi connectivity index (χ3n) is 3.17. The minimum atomic E-state index is -1.34. The first kappa shape index (κ1) is 18.8. The van der Waals surface area contributed by atoms with Crippen LogP contribution in [0.3, 0.4) is 0 Å². The van der Waals surface area contributed by atoms with E-state index < -0.39 is 15.7 Å². The van der Waals surface area contributed by atoms with E-state index in [1.807, 2.05) is 50.4 Å². The van der Waals surface area contributed by atoms with E-state index in [9.17, 15) is 4.21 Å². The van der Waals surface area contributed by atoms with Crippen molar-refractivity contribution in [2.75, 3.05) is 25.6 Å². The summed E-state index contributed by atoms with van der Waals surface area (Å²) in [5, 5.41) is 5.19. The van der Waals surface area contributed by atoms with Crippen molar-refractivity contribution in [3.63, 3.8) is 0 Å². The van der Waals surface area contributed by atoms with Crippen LogP contribution >= 0.6 is 11.3 Å². The van der Waals surface area contributed by atoms with Crippen molar-refractivity contribution in [1.82, 2.24) is 4.98 Å². The van der Waals surface area contributed by atoms with E-state index in [2.05, 4.69) is 14.7 Å². The van der Waals surface area contributed by atoms with Crippen molar-refractivity contribution >= 4 is 33.7 Å². The van der Waals surface area contributed by atoms with E-state index >= 15 is 0 Å². The van der Waals surface area contributed by atoms with Crippen LogP contribution in [0.4, 0.5) is 5.69 Å². The first-order chi connectivity index (χ1) is 11.4. The van der Waals surface area contributed by atoms with Gasteiger partial charge < -0.3 is 10.1 Å². The minimum Gasteiger partial charge on any atom is -0.383 e. The zero-order valence-corrected chi connectivity index (χ0v) is 16.0. The molecule has 2 rings (SSSR count). The van der Waals surface area contributed by atoms with Gasteiger partial charge in [-0.2, -0.15) is 4.40 Å². The Morgan fingerprint density at radius 3 is 2.58 bits per heavy atom. The molecule has 2 aromatic rings. The highest BCUT2D eigenvalue weighted by atomic mass is 32.2. The molecule has 0 saturated heterocycles. The molecule has 1 aromatic carbocycles. The number of nitrogens with one attached hydrogen (secondary N) is 1. The Kier molecular flexibility index (Phi) is 6.65. The zero-order chi connectivity index (χ0) is 17.6. The lowest BCUT2D eigenvalue weighted by atomic mass is 10.1. The molecule has 1 aromatic heterocycles. The molecule has 0 saturated carbocycles. The summed E-state index contributed by atoms with van der Waals surface area (Å²) in [4.78, 5) is 4.33. The van der Waals surface area contributed by atoms with Gasteiger partial charge in [0.1, 0.15) is 22.4 Å². The number of anilines is 1. The normalized spacial score (nSPS) is 13.8. The quantitative estimate of drug-likeness (QED) is 0.602. The molecule has 0 bridgehead atoms. The number of nitrogens with zero attached hydrogens (tertiary/aromatic N) is 2. The zero-order valence-electron chi connectivity index (χ0n) is 14.4. The predicted octanol–water partition coefficient (Wildman–Crippen LogP) is 3.50. The molecule has 24 heavy (non-hydrogen) atoms. The van der Waals surface area contributed by atoms with Crippen molar-refractivity contribution in [3.05, 3.63) is 46.4 Å². The van der Waals surface area contributed by atoms with Crippen LogP contribution in [0.2, 0.25) is 0 Å². The number of benzene rings is 1. The first-order valence-corrected chi connectivity index (χ1v) is 9.69. The third kappa shape index (κ3) is 5.22. The molecule has 0 fully saturated rings. The summed E-state index contributed by atoms with van der Waals surface area (Å²) < 4.78 is 21.5. The molecule has 1 atom stereocenters. The van der Waals surface area contributed by atoms with Gasteiger partial charge in [-0.15, -0.1) is 11.3 Å². The molecule has 1 heterocycles. The van der Waals surface area contributed by atoms with E-state index in [4.69, 9.17) is 4.74 Å². The lowest BCUT2D eigenvalue weighted by Crippen LogP contribution is -2.21. The van der Waals surface area contributed by atoms with Crippen molar-refractivity contribution in [3.8, 4) is 0 Å². The molecular weight excluding hydrogens is 342 g/mol. The van der Waals surface area contributed by atoms with Gasteiger partial charge in [0.25, 0.3) is 0 Å². The van der Waals surface area contributed by atoms with Crippen molar-refractivity contribution < 1.29 is 8.95 Å². The summed E-state index contributed by atoms with van der Waals surface area (Å²) >= 11 is 1.50. The van der Waals surface area contributed by atoms with E-state index in [1.165, 1.54) is 11.3 Å². The maximum absolute atomic E-state index is 12.5. The monoisotopic (exact) mass is 365 g/mol. The van der Waals surface area contributed by atoms with E-state index in [0.29, 0.717) is 12.3 Å². The van der Waals surface area contributed by atoms with Gasteiger partial charge in [-0.1, -0.05) is 12.1 Å². The molecule has 5 nitrogen and oxygen atoms in total. The largest absolute Gasteiger partial charge is 0.383 e. The summed E-state index contributed by atoms with van der Waals surface area (Å²) in [6, 6.07) is 7.89. The van der Waals surface area contributed by atoms with E-state index in [-0.39, 0.29) is 0 Å². The highest BCUT2D eigenvalue weighted by Crippen LogP contribution is 2.19. The highest BCUT2D eigenvalue weighted by Gasteiger charge is 2.21. The smallest absolute Gasteiger partial charge is 0.145 e. The van der Waals surface area contributed by atoms with E-state index in [0.717, 1.165) is 23.5 Å². The molecule has 130 valence electrons. The van der Waals surface area contributed by atoms with Gasteiger partial charge in [0.15, 0.2) is 0 Å². The molecule has 7 heteroatoms. The van der Waals surface area contributed by atoms with Crippen LogP contribution in [0, 0.1) is 0 Å². The summed E-state index contributed by atoms with van der Waals surface area (Å²) in [5.41, 5.74) is 5.07. The van der Waals surface area contributed by atoms with Gasteiger partial charge >= 0.3 is 0 Å². The van der Waals surface area contributed by atoms with Crippen LogP contribution in [0.25, 0.3) is 0 Å². The Morgan fingerprint density at radius 2 is 2.04 bits per heavy atom. The lowest BCUT2D eigenvalue weighted by Gasteiger charge is -2.15. The minimum absolute atomic E-state index is 0.414. The Labute approximate surface area is 149 Å². The molecule has 0 aliphatic rings. The number of ether oxygens (including phenoxy) is 1.